The van der Waals surface area contributed by atoms with Crippen molar-refractivity contribution in [3.63, 3.8) is 0 Å². The monoisotopic (exact) mass is 311 g/mol. The third-order valence-electron chi connectivity index (χ3n) is 3.84. The Bertz CT molecular complexity index is 625. The highest BCUT2D eigenvalue weighted by atomic mass is 32.2. The Hall–Kier alpha value is -1.40. The number of nitrogens with zero attached hydrogens (tertiary/aromatic N) is 1. The van der Waals surface area contributed by atoms with E-state index in [-0.39, 0.29) is 18.0 Å². The molecular weight excluding hydrogens is 290 g/mol. The molecule has 116 valence electrons. The number of aryl methyl sites for hydroxylation is 2. The van der Waals surface area contributed by atoms with Crippen molar-refractivity contribution in [1.29, 1.82) is 0 Å². The predicted octanol–water partition coefficient (Wildman–Crippen LogP) is 1.75. The van der Waals surface area contributed by atoms with Gasteiger partial charge in [0, 0.05) is 6.54 Å². The molecule has 5 nitrogen and oxygen atoms in total. The molecule has 1 aromatic rings. The standard InChI is InChI=1S/C15H21NO4S/c1-3-16(11-15(17)20-2)21(18,19)14-9-8-12-6-4-5-7-13(12)10-14/h8-10H,3-7,11H2,1-2H3. The van der Waals surface area contributed by atoms with Gasteiger partial charge in [0.1, 0.15) is 6.54 Å². The van der Waals surface area contributed by atoms with Crippen molar-refractivity contribution < 1.29 is 17.9 Å². The molecule has 0 aliphatic heterocycles. The van der Waals surface area contributed by atoms with Crippen LogP contribution >= 0.6 is 0 Å². The van der Waals surface area contributed by atoms with Crippen LogP contribution in [0.25, 0.3) is 0 Å². The second-order valence-corrected chi connectivity index (χ2v) is 7.08. The maximum atomic E-state index is 12.6. The maximum absolute atomic E-state index is 12.6. The number of carbonyl (C=O) groups is 1. The number of fused-ring (bicyclic) bond motifs is 1. The van der Waals surface area contributed by atoms with Gasteiger partial charge in [-0.2, -0.15) is 4.31 Å². The Kier molecular flexibility index (Phi) is 5.00. The summed E-state index contributed by atoms with van der Waals surface area (Å²) in [6, 6.07) is 5.29. The van der Waals surface area contributed by atoms with Crippen LogP contribution in [0.4, 0.5) is 0 Å². The van der Waals surface area contributed by atoms with E-state index in [4.69, 9.17) is 0 Å². The smallest absolute Gasteiger partial charge is 0.321 e. The number of carbonyl (C=O) groups excluding carboxylic acids is 1. The van der Waals surface area contributed by atoms with Crippen molar-refractivity contribution in [1.82, 2.24) is 4.31 Å². The van der Waals surface area contributed by atoms with E-state index in [2.05, 4.69) is 4.74 Å². The number of rotatable bonds is 5. The van der Waals surface area contributed by atoms with Crippen molar-refractivity contribution in [2.75, 3.05) is 20.2 Å². The Morgan fingerprint density at radius 1 is 1.24 bits per heavy atom. The van der Waals surface area contributed by atoms with E-state index >= 15 is 0 Å². The average Bonchev–Trinajstić information content (AvgIpc) is 2.51. The molecular formula is C15H21NO4S. The second kappa shape index (κ2) is 6.58. The summed E-state index contributed by atoms with van der Waals surface area (Å²) in [4.78, 5) is 11.6. The number of benzene rings is 1. The van der Waals surface area contributed by atoms with E-state index in [0.717, 1.165) is 35.6 Å². The molecule has 0 aromatic heterocycles. The van der Waals surface area contributed by atoms with Crippen LogP contribution in [0, 0.1) is 0 Å². The van der Waals surface area contributed by atoms with E-state index in [9.17, 15) is 13.2 Å². The van der Waals surface area contributed by atoms with E-state index in [0.29, 0.717) is 0 Å². The molecule has 0 N–H and O–H groups in total. The molecule has 2 rings (SSSR count). The minimum absolute atomic E-state index is 0.231. The highest BCUT2D eigenvalue weighted by molar-refractivity contribution is 7.89. The number of likely N-dealkylation sites (N-methyl/N-ethyl adjacent to an activating group) is 1. The van der Waals surface area contributed by atoms with Gasteiger partial charge in [0.25, 0.3) is 0 Å². The molecule has 0 heterocycles. The van der Waals surface area contributed by atoms with E-state index in [1.807, 2.05) is 6.07 Å². The summed E-state index contributed by atoms with van der Waals surface area (Å²) in [5.41, 5.74) is 2.34. The van der Waals surface area contributed by atoms with E-state index in [1.54, 1.807) is 19.1 Å². The number of esters is 1. The van der Waals surface area contributed by atoms with Crippen LogP contribution in [0.15, 0.2) is 23.1 Å². The molecule has 21 heavy (non-hydrogen) atoms. The van der Waals surface area contributed by atoms with Gasteiger partial charge in [0.2, 0.25) is 10.0 Å². The molecule has 6 heteroatoms. The van der Waals surface area contributed by atoms with Crippen LogP contribution in [-0.2, 0) is 32.4 Å². The van der Waals surface area contributed by atoms with Crippen molar-refractivity contribution in [3.8, 4) is 0 Å². The molecule has 1 aromatic carbocycles. The Morgan fingerprint density at radius 2 is 1.90 bits per heavy atom. The van der Waals surface area contributed by atoms with Crippen LogP contribution in [-0.4, -0.2) is 38.9 Å². The zero-order valence-corrected chi connectivity index (χ0v) is 13.3. The van der Waals surface area contributed by atoms with Gasteiger partial charge < -0.3 is 4.74 Å². The first-order chi connectivity index (χ1) is 9.98. The molecule has 0 fully saturated rings. The third-order valence-corrected chi connectivity index (χ3v) is 5.76. The molecule has 0 saturated carbocycles. The lowest BCUT2D eigenvalue weighted by atomic mass is 9.92. The number of hydrogen-bond donors (Lipinski definition) is 0. The Morgan fingerprint density at radius 3 is 2.52 bits per heavy atom. The predicted molar refractivity (Wildman–Crippen MR) is 79.5 cm³/mol. The van der Waals surface area contributed by atoms with Gasteiger partial charge in [-0.1, -0.05) is 13.0 Å². The fourth-order valence-corrected chi connectivity index (χ4v) is 4.04. The zero-order chi connectivity index (χ0) is 15.5. The highest BCUT2D eigenvalue weighted by Crippen LogP contribution is 2.25. The van der Waals surface area contributed by atoms with E-state index < -0.39 is 16.0 Å². The Balaban J connectivity index is 2.31. The van der Waals surface area contributed by atoms with Crippen LogP contribution < -0.4 is 0 Å². The van der Waals surface area contributed by atoms with Gasteiger partial charge in [-0.05, 0) is 48.9 Å². The molecule has 0 radical (unpaired) electrons. The summed E-state index contributed by atoms with van der Waals surface area (Å²) in [5.74, 6) is -0.557. The number of methoxy groups -OCH3 is 1. The van der Waals surface area contributed by atoms with Gasteiger partial charge in [0.05, 0.1) is 12.0 Å². The minimum atomic E-state index is -3.66. The molecule has 0 amide bonds. The van der Waals surface area contributed by atoms with Crippen molar-refractivity contribution >= 4 is 16.0 Å². The Labute approximate surface area is 126 Å². The minimum Gasteiger partial charge on any atom is -0.468 e. The normalized spacial score (nSPS) is 14.8. The molecule has 0 atom stereocenters. The van der Waals surface area contributed by atoms with Crippen molar-refractivity contribution in [2.45, 2.75) is 37.5 Å². The summed E-state index contributed by atoms with van der Waals surface area (Å²) in [6.45, 7) is 1.68. The van der Waals surface area contributed by atoms with Gasteiger partial charge in [0.15, 0.2) is 0 Å². The lowest BCUT2D eigenvalue weighted by Gasteiger charge is -2.21. The quantitative estimate of drug-likeness (QED) is 0.777. The van der Waals surface area contributed by atoms with Crippen LogP contribution in [0.1, 0.15) is 30.9 Å². The van der Waals surface area contributed by atoms with Crippen molar-refractivity contribution in [2.24, 2.45) is 0 Å². The van der Waals surface area contributed by atoms with Crippen molar-refractivity contribution in [3.05, 3.63) is 29.3 Å². The summed E-state index contributed by atoms with van der Waals surface area (Å²) in [6.07, 6.45) is 4.18. The lowest BCUT2D eigenvalue weighted by molar-refractivity contribution is -0.140. The third kappa shape index (κ3) is 3.44. The first kappa shape index (κ1) is 16.0. The largest absolute Gasteiger partial charge is 0.468 e. The first-order valence-electron chi connectivity index (χ1n) is 7.17. The number of ether oxygens (including phenoxy) is 1. The van der Waals surface area contributed by atoms with Crippen LogP contribution in [0.2, 0.25) is 0 Å². The first-order valence-corrected chi connectivity index (χ1v) is 8.61. The summed E-state index contributed by atoms with van der Waals surface area (Å²) in [5, 5.41) is 0. The lowest BCUT2D eigenvalue weighted by Crippen LogP contribution is -2.36. The zero-order valence-electron chi connectivity index (χ0n) is 12.5. The SMILES string of the molecule is CCN(CC(=O)OC)S(=O)(=O)c1ccc2c(c1)CCCC2. The molecule has 0 saturated heterocycles. The summed E-state index contributed by atoms with van der Waals surface area (Å²) < 4.78 is 30.9. The second-order valence-electron chi connectivity index (χ2n) is 5.14. The molecule has 1 aliphatic rings. The average molecular weight is 311 g/mol. The maximum Gasteiger partial charge on any atom is 0.321 e. The topological polar surface area (TPSA) is 63.7 Å². The van der Waals surface area contributed by atoms with Crippen LogP contribution in [0.5, 0.6) is 0 Å². The van der Waals surface area contributed by atoms with Gasteiger partial charge in [-0.3, -0.25) is 4.79 Å². The number of sulfonamides is 1. The van der Waals surface area contributed by atoms with E-state index in [1.165, 1.54) is 12.7 Å². The van der Waals surface area contributed by atoms with Gasteiger partial charge in [-0.15, -0.1) is 0 Å². The summed E-state index contributed by atoms with van der Waals surface area (Å²) >= 11 is 0. The number of hydrogen-bond acceptors (Lipinski definition) is 4. The fourth-order valence-electron chi connectivity index (χ4n) is 2.59. The highest BCUT2D eigenvalue weighted by Gasteiger charge is 2.26. The molecule has 1 aliphatic carbocycles. The summed E-state index contributed by atoms with van der Waals surface area (Å²) in [7, 11) is -2.41. The van der Waals surface area contributed by atoms with Crippen LogP contribution in [0.3, 0.4) is 0 Å². The molecule has 0 bridgehead atoms. The molecule has 0 unspecified atom stereocenters. The molecule has 0 spiro atoms. The van der Waals surface area contributed by atoms with Gasteiger partial charge >= 0.3 is 5.97 Å². The fraction of sp³-hybridized carbons (Fsp3) is 0.533. The van der Waals surface area contributed by atoms with Gasteiger partial charge in [-0.25, -0.2) is 8.42 Å².